The van der Waals surface area contributed by atoms with Gasteiger partial charge in [0.2, 0.25) is 5.91 Å². The number of hydrogen-bond donors (Lipinski definition) is 3. The van der Waals surface area contributed by atoms with Crippen LogP contribution in [0.25, 0.3) is 0 Å². The van der Waals surface area contributed by atoms with E-state index >= 15 is 0 Å². The maximum absolute atomic E-state index is 12.7. The Morgan fingerprint density at radius 2 is 1.75 bits per heavy atom. The van der Waals surface area contributed by atoms with E-state index in [0.717, 1.165) is 31.2 Å². The molecular weight excluding hydrogens is 304 g/mol. The third-order valence-electron chi connectivity index (χ3n) is 6.00. The van der Waals surface area contributed by atoms with Crippen molar-refractivity contribution < 1.29 is 14.7 Å². The Morgan fingerprint density at radius 3 is 2.29 bits per heavy atom. The number of rotatable bonds is 4. The Bertz CT molecular complexity index is 668. The highest BCUT2D eigenvalue weighted by molar-refractivity contribution is 5.94. The van der Waals surface area contributed by atoms with Crippen molar-refractivity contribution in [1.82, 2.24) is 5.32 Å². The van der Waals surface area contributed by atoms with Crippen LogP contribution in [0.3, 0.4) is 0 Å². The maximum Gasteiger partial charge on any atom is 0.251 e. The molecule has 5 heteroatoms. The minimum Gasteiger partial charge on any atom is -0.390 e. The fourth-order valence-corrected chi connectivity index (χ4v) is 5.65. The SMILES string of the molecule is NC(=O)Cc1ccc(C(=O)NC23CC4CC(CC(O)(C4)C2)C3)cc1. The summed E-state index contributed by atoms with van der Waals surface area (Å²) in [6.45, 7) is 0. The number of benzene rings is 1. The van der Waals surface area contributed by atoms with Crippen LogP contribution >= 0.6 is 0 Å². The molecule has 0 spiro atoms. The normalized spacial score (nSPS) is 36.5. The molecule has 2 amide bonds. The second kappa shape index (κ2) is 5.31. The summed E-state index contributed by atoms with van der Waals surface area (Å²) < 4.78 is 0. The fourth-order valence-electron chi connectivity index (χ4n) is 5.65. The molecule has 4 fully saturated rings. The van der Waals surface area contributed by atoms with Crippen molar-refractivity contribution in [3.05, 3.63) is 35.4 Å². The highest BCUT2D eigenvalue weighted by Gasteiger charge is 2.57. The van der Waals surface area contributed by atoms with Gasteiger partial charge in [-0.1, -0.05) is 12.1 Å². The van der Waals surface area contributed by atoms with Crippen LogP contribution < -0.4 is 11.1 Å². The largest absolute Gasteiger partial charge is 0.390 e. The number of nitrogens with one attached hydrogen (secondary N) is 1. The van der Waals surface area contributed by atoms with Gasteiger partial charge in [-0.15, -0.1) is 0 Å². The third kappa shape index (κ3) is 2.81. The smallest absolute Gasteiger partial charge is 0.251 e. The van der Waals surface area contributed by atoms with Gasteiger partial charge in [-0.05, 0) is 68.1 Å². The topological polar surface area (TPSA) is 92.4 Å². The molecule has 2 unspecified atom stereocenters. The van der Waals surface area contributed by atoms with Gasteiger partial charge in [0.05, 0.1) is 12.0 Å². The summed E-state index contributed by atoms with van der Waals surface area (Å²) in [6, 6.07) is 7.02. The molecule has 1 aromatic carbocycles. The first-order chi connectivity index (χ1) is 11.3. The summed E-state index contributed by atoms with van der Waals surface area (Å²) in [7, 11) is 0. The lowest BCUT2D eigenvalue weighted by atomic mass is 9.51. The van der Waals surface area contributed by atoms with Gasteiger partial charge < -0.3 is 16.2 Å². The molecule has 0 radical (unpaired) electrons. The first-order valence-electron chi connectivity index (χ1n) is 8.77. The zero-order chi connectivity index (χ0) is 16.9. The second-order valence-electron chi connectivity index (χ2n) is 8.26. The van der Waals surface area contributed by atoms with E-state index in [2.05, 4.69) is 5.32 Å². The molecule has 128 valence electrons. The summed E-state index contributed by atoms with van der Waals surface area (Å²) in [5, 5.41) is 14.0. The summed E-state index contributed by atoms with van der Waals surface area (Å²) in [5.74, 6) is 0.601. The van der Waals surface area contributed by atoms with Crippen molar-refractivity contribution in [2.75, 3.05) is 0 Å². The molecular formula is C19H24N2O3. The quantitative estimate of drug-likeness (QED) is 0.782. The van der Waals surface area contributed by atoms with Gasteiger partial charge in [0, 0.05) is 11.1 Å². The Morgan fingerprint density at radius 1 is 1.12 bits per heavy atom. The highest BCUT2D eigenvalue weighted by Crippen LogP contribution is 2.57. The average molecular weight is 328 g/mol. The van der Waals surface area contributed by atoms with Crippen molar-refractivity contribution in [1.29, 1.82) is 0 Å². The number of carbonyl (C=O) groups excluding carboxylic acids is 2. The van der Waals surface area contributed by atoms with Crippen LogP contribution in [0, 0.1) is 11.8 Å². The molecule has 2 atom stereocenters. The van der Waals surface area contributed by atoms with E-state index in [9.17, 15) is 14.7 Å². The van der Waals surface area contributed by atoms with E-state index < -0.39 is 5.60 Å². The summed E-state index contributed by atoms with van der Waals surface area (Å²) in [6.07, 6.45) is 5.81. The predicted octanol–water partition coefficient (Wildman–Crippen LogP) is 1.53. The van der Waals surface area contributed by atoms with E-state index in [1.165, 1.54) is 6.42 Å². The van der Waals surface area contributed by atoms with Gasteiger partial charge in [-0.3, -0.25) is 9.59 Å². The highest BCUT2D eigenvalue weighted by atomic mass is 16.3. The zero-order valence-corrected chi connectivity index (χ0v) is 13.8. The van der Waals surface area contributed by atoms with Gasteiger partial charge in [0.25, 0.3) is 5.91 Å². The van der Waals surface area contributed by atoms with Crippen molar-refractivity contribution in [2.24, 2.45) is 17.6 Å². The van der Waals surface area contributed by atoms with Crippen LogP contribution in [0.15, 0.2) is 24.3 Å². The molecule has 0 saturated heterocycles. The van der Waals surface area contributed by atoms with E-state index in [1.54, 1.807) is 24.3 Å². The molecule has 4 bridgehead atoms. The molecule has 4 aliphatic rings. The van der Waals surface area contributed by atoms with Crippen LogP contribution in [0.4, 0.5) is 0 Å². The molecule has 5 rings (SSSR count). The van der Waals surface area contributed by atoms with Crippen LogP contribution in [-0.2, 0) is 11.2 Å². The molecule has 0 aromatic heterocycles. The van der Waals surface area contributed by atoms with Crippen molar-refractivity contribution >= 4 is 11.8 Å². The van der Waals surface area contributed by atoms with Gasteiger partial charge in [-0.25, -0.2) is 0 Å². The standard InChI is InChI=1S/C19H24N2O3/c20-16(22)6-12-1-3-15(4-2-12)17(23)21-18-7-13-5-14(8-18)10-19(24,9-13)11-18/h1-4,13-14,24H,5-11H2,(H2,20,22)(H,21,23). The van der Waals surface area contributed by atoms with Gasteiger partial charge >= 0.3 is 0 Å². The zero-order valence-electron chi connectivity index (χ0n) is 13.8. The van der Waals surface area contributed by atoms with E-state index in [-0.39, 0.29) is 23.8 Å². The Labute approximate surface area is 141 Å². The molecule has 4 N–H and O–H groups in total. The molecule has 24 heavy (non-hydrogen) atoms. The Hall–Kier alpha value is -1.88. The first kappa shape index (κ1) is 15.6. The van der Waals surface area contributed by atoms with Crippen LogP contribution in [0.1, 0.15) is 54.4 Å². The summed E-state index contributed by atoms with van der Waals surface area (Å²) >= 11 is 0. The summed E-state index contributed by atoms with van der Waals surface area (Å²) in [5.41, 5.74) is 5.76. The summed E-state index contributed by atoms with van der Waals surface area (Å²) in [4.78, 5) is 23.6. The van der Waals surface area contributed by atoms with Crippen LogP contribution in [0.5, 0.6) is 0 Å². The Kier molecular flexibility index (Phi) is 3.46. The lowest BCUT2D eigenvalue weighted by molar-refractivity contribution is -0.139. The molecule has 0 heterocycles. The minimum atomic E-state index is -0.581. The number of amides is 2. The lowest BCUT2D eigenvalue weighted by Crippen LogP contribution is -2.65. The van der Waals surface area contributed by atoms with E-state index in [0.29, 0.717) is 23.8 Å². The first-order valence-corrected chi connectivity index (χ1v) is 8.77. The van der Waals surface area contributed by atoms with Gasteiger partial charge in [0.15, 0.2) is 0 Å². The molecule has 1 aromatic rings. The lowest BCUT2D eigenvalue weighted by Gasteiger charge is -2.60. The van der Waals surface area contributed by atoms with Gasteiger partial charge in [-0.2, -0.15) is 0 Å². The van der Waals surface area contributed by atoms with E-state index in [4.69, 9.17) is 5.73 Å². The molecule has 0 aliphatic heterocycles. The van der Waals surface area contributed by atoms with Crippen molar-refractivity contribution in [3.8, 4) is 0 Å². The van der Waals surface area contributed by atoms with E-state index in [1.807, 2.05) is 0 Å². The third-order valence-corrected chi connectivity index (χ3v) is 6.00. The molecule has 5 nitrogen and oxygen atoms in total. The fraction of sp³-hybridized carbons (Fsp3) is 0.579. The van der Waals surface area contributed by atoms with Crippen LogP contribution in [-0.4, -0.2) is 28.1 Å². The predicted molar refractivity (Wildman–Crippen MR) is 89.2 cm³/mol. The molecule has 4 aliphatic carbocycles. The van der Waals surface area contributed by atoms with Crippen molar-refractivity contribution in [2.45, 2.75) is 56.1 Å². The second-order valence-corrected chi connectivity index (χ2v) is 8.26. The molecule has 4 saturated carbocycles. The van der Waals surface area contributed by atoms with Crippen molar-refractivity contribution in [3.63, 3.8) is 0 Å². The Balaban J connectivity index is 1.49. The number of primary amides is 1. The van der Waals surface area contributed by atoms with Crippen LogP contribution in [0.2, 0.25) is 0 Å². The number of hydrogen-bond acceptors (Lipinski definition) is 3. The monoisotopic (exact) mass is 328 g/mol. The minimum absolute atomic E-state index is 0.0915. The average Bonchev–Trinajstić information content (AvgIpc) is 2.44. The van der Waals surface area contributed by atoms with Gasteiger partial charge in [0.1, 0.15) is 0 Å². The number of aliphatic hydroxyl groups is 1. The number of nitrogens with two attached hydrogens (primary N) is 1. The number of carbonyl (C=O) groups is 2. The maximum atomic E-state index is 12.7.